The Hall–Kier alpha value is -2.00. The summed E-state index contributed by atoms with van der Waals surface area (Å²) in [5.74, 6) is 0.823. The molecule has 0 saturated carbocycles. The Kier molecular flexibility index (Phi) is 4.53. The molecule has 0 aliphatic carbocycles. The maximum absolute atomic E-state index is 10.2. The van der Waals surface area contributed by atoms with E-state index >= 15 is 0 Å². The lowest BCUT2D eigenvalue weighted by Gasteiger charge is -2.28. The Morgan fingerprint density at radius 2 is 1.76 bits per heavy atom. The van der Waals surface area contributed by atoms with Crippen LogP contribution in [0.3, 0.4) is 0 Å². The minimum Gasteiger partial charge on any atom is -0.507 e. The van der Waals surface area contributed by atoms with Gasteiger partial charge in [-0.2, -0.15) is 0 Å². The van der Waals surface area contributed by atoms with Crippen molar-refractivity contribution in [1.29, 1.82) is 0 Å². The van der Waals surface area contributed by atoms with Crippen LogP contribution in [0.5, 0.6) is 11.5 Å². The zero-order valence-corrected chi connectivity index (χ0v) is 12.8. The van der Waals surface area contributed by atoms with Crippen LogP contribution in [0.15, 0.2) is 48.5 Å². The van der Waals surface area contributed by atoms with E-state index in [1.54, 1.807) is 6.07 Å². The van der Waals surface area contributed by atoms with Crippen LogP contribution < -0.4 is 10.5 Å². The predicted octanol–water partition coefficient (Wildman–Crippen LogP) is 4.02. The molecule has 0 amide bonds. The van der Waals surface area contributed by atoms with Crippen LogP contribution in [0.2, 0.25) is 0 Å². The second-order valence-corrected chi connectivity index (χ2v) is 6.34. The van der Waals surface area contributed by atoms with Crippen molar-refractivity contribution < 1.29 is 9.84 Å². The largest absolute Gasteiger partial charge is 0.507 e. The number of phenolic OH excluding ortho intramolecular Hbond substituents is 1. The van der Waals surface area contributed by atoms with Gasteiger partial charge in [-0.25, -0.2) is 0 Å². The summed E-state index contributed by atoms with van der Waals surface area (Å²) in [6.07, 6.45) is 0. The number of benzene rings is 2. The third-order valence-electron chi connectivity index (χ3n) is 3.52. The van der Waals surface area contributed by atoms with Gasteiger partial charge in [0.15, 0.2) is 0 Å². The second-order valence-electron chi connectivity index (χ2n) is 6.34. The molecule has 0 bridgehead atoms. The molecule has 2 aromatic carbocycles. The van der Waals surface area contributed by atoms with E-state index in [0.717, 1.165) is 11.1 Å². The van der Waals surface area contributed by atoms with Gasteiger partial charge < -0.3 is 15.6 Å². The monoisotopic (exact) mass is 285 g/mol. The van der Waals surface area contributed by atoms with Gasteiger partial charge in [-0.1, -0.05) is 57.2 Å². The van der Waals surface area contributed by atoms with E-state index in [-0.39, 0.29) is 17.2 Å². The number of aromatic hydroxyl groups is 1. The van der Waals surface area contributed by atoms with Crippen molar-refractivity contribution in [3.63, 3.8) is 0 Å². The molecule has 3 N–H and O–H groups in total. The Morgan fingerprint density at radius 1 is 1.10 bits per heavy atom. The topological polar surface area (TPSA) is 55.5 Å². The summed E-state index contributed by atoms with van der Waals surface area (Å²) in [6, 6.07) is 15.0. The molecule has 3 heteroatoms. The molecule has 2 aromatic rings. The summed E-state index contributed by atoms with van der Waals surface area (Å²) < 4.78 is 5.69. The molecule has 0 unspecified atom stereocenters. The fraction of sp³-hybridized carbons (Fsp3) is 0.333. The Balaban J connectivity index is 2.09. The molecule has 0 aromatic heterocycles. The first-order valence-corrected chi connectivity index (χ1v) is 7.13. The number of phenols is 1. The van der Waals surface area contributed by atoms with E-state index < -0.39 is 0 Å². The lowest BCUT2D eigenvalue weighted by molar-refractivity contribution is 0.299. The standard InChI is InChI=1S/C18H23NO2/c1-18(2,3)17(19)15-10-9-14(11-16(15)20)21-12-13-7-5-4-6-8-13/h4-11,17,20H,12,19H2,1-3H3/t17-/m1/s1. The maximum Gasteiger partial charge on any atom is 0.124 e. The van der Waals surface area contributed by atoms with Crippen molar-refractivity contribution in [1.82, 2.24) is 0 Å². The molecule has 0 fully saturated rings. The summed E-state index contributed by atoms with van der Waals surface area (Å²) in [7, 11) is 0. The van der Waals surface area contributed by atoms with E-state index in [9.17, 15) is 5.11 Å². The molecule has 0 aliphatic rings. The van der Waals surface area contributed by atoms with Crippen molar-refractivity contribution in [2.75, 3.05) is 0 Å². The van der Waals surface area contributed by atoms with E-state index in [0.29, 0.717) is 12.4 Å². The van der Waals surface area contributed by atoms with Crippen molar-refractivity contribution in [2.24, 2.45) is 11.1 Å². The normalized spacial score (nSPS) is 13.0. The van der Waals surface area contributed by atoms with Crippen LogP contribution in [-0.2, 0) is 6.61 Å². The Morgan fingerprint density at radius 3 is 2.33 bits per heavy atom. The van der Waals surface area contributed by atoms with Crippen LogP contribution in [-0.4, -0.2) is 5.11 Å². The highest BCUT2D eigenvalue weighted by Crippen LogP contribution is 2.36. The van der Waals surface area contributed by atoms with Gasteiger partial charge in [0.1, 0.15) is 18.1 Å². The molecule has 2 rings (SSSR count). The fourth-order valence-corrected chi connectivity index (χ4v) is 2.08. The van der Waals surface area contributed by atoms with Crippen LogP contribution in [0.1, 0.15) is 37.9 Å². The molecular weight excluding hydrogens is 262 g/mol. The van der Waals surface area contributed by atoms with Crippen LogP contribution in [0.4, 0.5) is 0 Å². The van der Waals surface area contributed by atoms with E-state index in [2.05, 4.69) is 20.8 Å². The quantitative estimate of drug-likeness (QED) is 0.892. The third kappa shape index (κ3) is 3.99. The number of rotatable bonds is 4. The molecule has 0 aliphatic heterocycles. The van der Waals surface area contributed by atoms with Gasteiger partial charge >= 0.3 is 0 Å². The molecule has 21 heavy (non-hydrogen) atoms. The molecule has 0 radical (unpaired) electrons. The van der Waals surface area contributed by atoms with E-state index in [1.807, 2.05) is 42.5 Å². The SMILES string of the molecule is CC(C)(C)[C@H](N)c1ccc(OCc2ccccc2)cc1O. The predicted molar refractivity (Wildman–Crippen MR) is 85.3 cm³/mol. The van der Waals surface area contributed by atoms with Gasteiger partial charge in [0.2, 0.25) is 0 Å². The third-order valence-corrected chi connectivity index (χ3v) is 3.52. The average molecular weight is 285 g/mol. The highest BCUT2D eigenvalue weighted by molar-refractivity contribution is 5.42. The van der Waals surface area contributed by atoms with E-state index in [4.69, 9.17) is 10.5 Å². The summed E-state index contributed by atoms with van der Waals surface area (Å²) in [6.45, 7) is 6.63. The van der Waals surface area contributed by atoms with Crippen molar-refractivity contribution >= 4 is 0 Å². The maximum atomic E-state index is 10.2. The smallest absolute Gasteiger partial charge is 0.124 e. The molecule has 0 spiro atoms. The zero-order valence-electron chi connectivity index (χ0n) is 12.8. The molecular formula is C18H23NO2. The first kappa shape index (κ1) is 15.4. The highest BCUT2D eigenvalue weighted by atomic mass is 16.5. The number of nitrogens with two attached hydrogens (primary N) is 1. The number of ether oxygens (including phenoxy) is 1. The Labute approximate surface area is 126 Å². The molecule has 1 atom stereocenters. The average Bonchev–Trinajstić information content (AvgIpc) is 2.45. The first-order chi connectivity index (χ1) is 9.88. The van der Waals surface area contributed by atoms with Gasteiger partial charge in [0.25, 0.3) is 0 Å². The number of hydrogen-bond donors (Lipinski definition) is 2. The summed E-state index contributed by atoms with van der Waals surface area (Å²) in [5, 5.41) is 10.2. The van der Waals surface area contributed by atoms with Crippen molar-refractivity contribution in [2.45, 2.75) is 33.4 Å². The van der Waals surface area contributed by atoms with Gasteiger partial charge in [-0.05, 0) is 17.0 Å². The van der Waals surface area contributed by atoms with Crippen molar-refractivity contribution in [3.8, 4) is 11.5 Å². The number of hydrogen-bond acceptors (Lipinski definition) is 3. The van der Waals surface area contributed by atoms with E-state index in [1.165, 1.54) is 0 Å². The highest BCUT2D eigenvalue weighted by Gasteiger charge is 2.24. The molecule has 112 valence electrons. The van der Waals surface area contributed by atoms with Crippen LogP contribution in [0, 0.1) is 5.41 Å². The van der Waals surface area contributed by atoms with Crippen LogP contribution >= 0.6 is 0 Å². The lowest BCUT2D eigenvalue weighted by Crippen LogP contribution is -2.26. The van der Waals surface area contributed by atoms with Gasteiger partial charge in [-0.15, -0.1) is 0 Å². The first-order valence-electron chi connectivity index (χ1n) is 7.13. The fourth-order valence-electron chi connectivity index (χ4n) is 2.08. The van der Waals surface area contributed by atoms with Gasteiger partial charge in [0, 0.05) is 17.7 Å². The summed E-state index contributed by atoms with van der Waals surface area (Å²) in [5.41, 5.74) is 7.92. The molecule has 0 saturated heterocycles. The van der Waals surface area contributed by atoms with Crippen molar-refractivity contribution in [3.05, 3.63) is 59.7 Å². The Bertz CT molecular complexity index is 588. The molecule has 3 nitrogen and oxygen atoms in total. The summed E-state index contributed by atoms with van der Waals surface area (Å²) in [4.78, 5) is 0. The van der Waals surface area contributed by atoms with Gasteiger partial charge in [0.05, 0.1) is 0 Å². The minimum atomic E-state index is -0.222. The lowest BCUT2D eigenvalue weighted by atomic mass is 9.83. The summed E-state index contributed by atoms with van der Waals surface area (Å²) >= 11 is 0. The molecule has 0 heterocycles. The van der Waals surface area contributed by atoms with Gasteiger partial charge in [-0.3, -0.25) is 0 Å². The second kappa shape index (κ2) is 6.19. The van der Waals surface area contributed by atoms with Crippen LogP contribution in [0.25, 0.3) is 0 Å². The zero-order chi connectivity index (χ0) is 15.5. The minimum absolute atomic E-state index is 0.107.